The molecular weight excluding hydrogens is 364 g/mol. The van der Waals surface area contributed by atoms with Crippen LogP contribution in [0.25, 0.3) is 0 Å². The number of fused-ring (bicyclic) bond motifs is 1. The zero-order valence-electron chi connectivity index (χ0n) is 13.9. The van der Waals surface area contributed by atoms with Crippen molar-refractivity contribution < 1.29 is 0 Å². The Labute approximate surface area is 151 Å². The van der Waals surface area contributed by atoms with Crippen LogP contribution in [0, 0.1) is 0 Å². The first-order chi connectivity index (χ1) is 11.8. The second-order valence-corrected chi connectivity index (χ2v) is 7.70. The van der Waals surface area contributed by atoms with Gasteiger partial charge in [0.1, 0.15) is 10.4 Å². The first kappa shape index (κ1) is 16.2. The Kier molecular flexibility index (Phi) is 4.90. The Bertz CT molecular complexity index is 712. The van der Waals surface area contributed by atoms with Crippen LogP contribution in [-0.2, 0) is 19.5 Å². The molecule has 126 valence electrons. The number of rotatable bonds is 3. The Morgan fingerprint density at radius 3 is 2.88 bits per heavy atom. The average Bonchev–Trinajstić information content (AvgIpc) is 2.64. The van der Waals surface area contributed by atoms with Gasteiger partial charge in [-0.25, -0.2) is 15.0 Å². The molecule has 3 heterocycles. The molecule has 2 aromatic heterocycles. The molecule has 2 aromatic rings. The summed E-state index contributed by atoms with van der Waals surface area (Å²) < 4.78 is 0.944. The molecule has 1 saturated carbocycles. The lowest BCUT2D eigenvalue weighted by Gasteiger charge is -2.29. The lowest BCUT2D eigenvalue weighted by atomic mass is 9.88. The molecule has 0 N–H and O–H groups in total. The van der Waals surface area contributed by atoms with E-state index in [1.165, 1.54) is 48.9 Å². The summed E-state index contributed by atoms with van der Waals surface area (Å²) in [5.74, 6) is 1.69. The highest BCUT2D eigenvalue weighted by molar-refractivity contribution is 9.10. The molecule has 1 fully saturated rings. The van der Waals surface area contributed by atoms with Crippen molar-refractivity contribution in [3.8, 4) is 0 Å². The Morgan fingerprint density at radius 1 is 1.17 bits per heavy atom. The van der Waals surface area contributed by atoms with Crippen LogP contribution in [0.3, 0.4) is 0 Å². The topological polar surface area (TPSA) is 41.9 Å². The van der Waals surface area contributed by atoms with Crippen LogP contribution >= 0.6 is 15.9 Å². The zero-order valence-corrected chi connectivity index (χ0v) is 15.5. The van der Waals surface area contributed by atoms with E-state index < -0.39 is 0 Å². The van der Waals surface area contributed by atoms with Crippen molar-refractivity contribution in [2.75, 3.05) is 6.54 Å². The van der Waals surface area contributed by atoms with E-state index in [4.69, 9.17) is 9.97 Å². The molecule has 1 aliphatic carbocycles. The van der Waals surface area contributed by atoms with Gasteiger partial charge in [-0.15, -0.1) is 0 Å². The van der Waals surface area contributed by atoms with Crippen LogP contribution in [0.2, 0.25) is 0 Å². The van der Waals surface area contributed by atoms with Crippen LogP contribution in [-0.4, -0.2) is 26.4 Å². The van der Waals surface area contributed by atoms with E-state index in [1.54, 1.807) is 0 Å². The van der Waals surface area contributed by atoms with E-state index in [2.05, 4.69) is 38.1 Å². The minimum Gasteiger partial charge on any atom is -0.294 e. The van der Waals surface area contributed by atoms with E-state index >= 15 is 0 Å². The molecule has 1 aliphatic heterocycles. The molecule has 0 amide bonds. The highest BCUT2D eigenvalue weighted by Crippen LogP contribution is 2.31. The molecule has 0 aromatic carbocycles. The largest absolute Gasteiger partial charge is 0.294 e. The number of hydrogen-bond acceptors (Lipinski definition) is 4. The highest BCUT2D eigenvalue weighted by Gasteiger charge is 2.23. The predicted octanol–water partition coefficient (Wildman–Crippen LogP) is 4.24. The minimum absolute atomic E-state index is 0.591. The van der Waals surface area contributed by atoms with Crippen LogP contribution in [0.1, 0.15) is 60.7 Å². The summed E-state index contributed by atoms with van der Waals surface area (Å²) >= 11 is 3.55. The van der Waals surface area contributed by atoms with E-state index in [-0.39, 0.29) is 0 Å². The summed E-state index contributed by atoms with van der Waals surface area (Å²) in [6, 6.07) is 4.13. The predicted molar refractivity (Wildman–Crippen MR) is 97.6 cm³/mol. The molecule has 2 aliphatic rings. The van der Waals surface area contributed by atoms with Gasteiger partial charge in [0, 0.05) is 55.6 Å². The number of aromatic nitrogens is 3. The van der Waals surface area contributed by atoms with Gasteiger partial charge in [0.15, 0.2) is 0 Å². The van der Waals surface area contributed by atoms with Crippen molar-refractivity contribution in [3.05, 3.63) is 51.8 Å². The maximum absolute atomic E-state index is 4.94. The number of halogens is 1. The van der Waals surface area contributed by atoms with Gasteiger partial charge in [-0.05, 0) is 40.4 Å². The van der Waals surface area contributed by atoms with Gasteiger partial charge >= 0.3 is 0 Å². The third-order valence-electron chi connectivity index (χ3n) is 5.23. The molecular formula is C19H23BrN4. The van der Waals surface area contributed by atoms with Crippen LogP contribution in [0.15, 0.2) is 29.1 Å². The first-order valence-corrected chi connectivity index (χ1v) is 9.75. The molecule has 0 atom stereocenters. The lowest BCUT2D eigenvalue weighted by molar-refractivity contribution is 0.241. The van der Waals surface area contributed by atoms with Crippen molar-refractivity contribution >= 4 is 15.9 Å². The van der Waals surface area contributed by atoms with Crippen molar-refractivity contribution in [2.45, 2.75) is 57.5 Å². The normalized spacial score (nSPS) is 19.2. The first-order valence-electron chi connectivity index (χ1n) is 8.96. The van der Waals surface area contributed by atoms with Gasteiger partial charge in [0.05, 0.1) is 0 Å². The van der Waals surface area contributed by atoms with E-state index in [0.717, 1.165) is 36.5 Å². The lowest BCUT2D eigenvalue weighted by Crippen LogP contribution is -2.31. The standard InChI is InChI=1S/C19H23BrN4/c20-18-15(7-4-9-21-18)12-24-10-8-17-16(13-24)11-22-19(23-17)14-5-2-1-3-6-14/h4,7,9,11,14H,1-3,5-6,8,10,12-13H2. The molecule has 0 saturated heterocycles. The average molecular weight is 387 g/mol. The summed E-state index contributed by atoms with van der Waals surface area (Å²) in [6.45, 7) is 2.90. The van der Waals surface area contributed by atoms with Gasteiger partial charge < -0.3 is 0 Å². The van der Waals surface area contributed by atoms with E-state index in [0.29, 0.717) is 5.92 Å². The van der Waals surface area contributed by atoms with Crippen LogP contribution < -0.4 is 0 Å². The number of hydrogen-bond donors (Lipinski definition) is 0. The quantitative estimate of drug-likeness (QED) is 0.739. The van der Waals surface area contributed by atoms with Crippen molar-refractivity contribution in [1.82, 2.24) is 19.9 Å². The van der Waals surface area contributed by atoms with Gasteiger partial charge in [-0.3, -0.25) is 4.90 Å². The van der Waals surface area contributed by atoms with Gasteiger partial charge in [0.25, 0.3) is 0 Å². The Morgan fingerprint density at radius 2 is 2.04 bits per heavy atom. The monoisotopic (exact) mass is 386 g/mol. The van der Waals surface area contributed by atoms with Crippen LogP contribution in [0.4, 0.5) is 0 Å². The molecule has 4 nitrogen and oxygen atoms in total. The van der Waals surface area contributed by atoms with Gasteiger partial charge in [-0.1, -0.05) is 25.3 Å². The fourth-order valence-electron chi connectivity index (χ4n) is 3.86. The molecule has 24 heavy (non-hydrogen) atoms. The second kappa shape index (κ2) is 7.28. The number of nitrogens with zero attached hydrogens (tertiary/aromatic N) is 4. The molecule has 0 radical (unpaired) electrons. The summed E-state index contributed by atoms with van der Waals surface area (Å²) in [7, 11) is 0. The Hall–Kier alpha value is -1.33. The third kappa shape index (κ3) is 3.52. The Balaban J connectivity index is 1.46. The van der Waals surface area contributed by atoms with E-state index in [1.807, 2.05) is 12.3 Å². The fourth-order valence-corrected chi connectivity index (χ4v) is 4.24. The minimum atomic E-state index is 0.591. The summed E-state index contributed by atoms with van der Waals surface area (Å²) in [5, 5.41) is 0. The second-order valence-electron chi connectivity index (χ2n) is 6.95. The van der Waals surface area contributed by atoms with Crippen molar-refractivity contribution in [3.63, 3.8) is 0 Å². The molecule has 0 spiro atoms. The van der Waals surface area contributed by atoms with Crippen molar-refractivity contribution in [1.29, 1.82) is 0 Å². The zero-order chi connectivity index (χ0) is 16.4. The number of pyridine rings is 1. The maximum Gasteiger partial charge on any atom is 0.131 e. The molecule has 5 heteroatoms. The maximum atomic E-state index is 4.94. The van der Waals surface area contributed by atoms with E-state index in [9.17, 15) is 0 Å². The van der Waals surface area contributed by atoms with Gasteiger partial charge in [-0.2, -0.15) is 0 Å². The SMILES string of the molecule is Brc1ncccc1CN1CCc2nc(C3CCCCC3)ncc2C1. The summed E-state index contributed by atoms with van der Waals surface area (Å²) in [4.78, 5) is 16.4. The smallest absolute Gasteiger partial charge is 0.131 e. The molecule has 0 unspecified atom stereocenters. The third-order valence-corrected chi connectivity index (χ3v) is 5.95. The van der Waals surface area contributed by atoms with Crippen LogP contribution in [0.5, 0.6) is 0 Å². The van der Waals surface area contributed by atoms with Gasteiger partial charge in [0.2, 0.25) is 0 Å². The van der Waals surface area contributed by atoms with Crippen molar-refractivity contribution in [2.24, 2.45) is 0 Å². The summed E-state index contributed by atoms with van der Waals surface area (Å²) in [6.07, 6.45) is 11.5. The molecule has 0 bridgehead atoms. The highest BCUT2D eigenvalue weighted by atomic mass is 79.9. The summed E-state index contributed by atoms with van der Waals surface area (Å²) in [5.41, 5.74) is 3.80. The molecule has 4 rings (SSSR count). The fraction of sp³-hybridized carbons (Fsp3) is 0.526.